The summed E-state index contributed by atoms with van der Waals surface area (Å²) in [6, 6.07) is 6.41. The van der Waals surface area contributed by atoms with Crippen LogP contribution < -0.4 is 0 Å². The Balaban J connectivity index is 1.92. The molecular formula is C21H29NO3. The molecule has 0 aromatic heterocycles. The summed E-state index contributed by atoms with van der Waals surface area (Å²) < 4.78 is 5.01. The molecule has 2 bridgehead atoms. The summed E-state index contributed by atoms with van der Waals surface area (Å²) in [6.45, 7) is 9.35. The normalized spacial score (nSPS) is 32.8. The Kier molecular flexibility index (Phi) is 4.21. The molecule has 4 nitrogen and oxygen atoms in total. The van der Waals surface area contributed by atoms with Gasteiger partial charge in [0.25, 0.3) is 0 Å². The van der Waals surface area contributed by atoms with Gasteiger partial charge in [0.1, 0.15) is 5.75 Å². The highest BCUT2D eigenvalue weighted by atomic mass is 16.5. The van der Waals surface area contributed by atoms with Crippen molar-refractivity contribution in [2.45, 2.75) is 59.4 Å². The summed E-state index contributed by atoms with van der Waals surface area (Å²) in [5, 5.41) is 9.45. The van der Waals surface area contributed by atoms with Gasteiger partial charge in [-0.3, -0.25) is 4.99 Å². The maximum atomic E-state index is 12.3. The minimum Gasteiger partial charge on any atom is -0.508 e. The fraction of sp³-hybridized carbons (Fsp3) is 0.619. The number of ether oxygens (including phenoxy) is 1. The molecule has 0 spiro atoms. The van der Waals surface area contributed by atoms with E-state index in [9.17, 15) is 9.90 Å². The van der Waals surface area contributed by atoms with Crippen molar-refractivity contribution in [1.29, 1.82) is 0 Å². The van der Waals surface area contributed by atoms with Gasteiger partial charge in [0.15, 0.2) is 6.04 Å². The molecule has 2 aliphatic carbocycles. The van der Waals surface area contributed by atoms with Crippen LogP contribution in [0.5, 0.6) is 5.75 Å². The summed E-state index contributed by atoms with van der Waals surface area (Å²) >= 11 is 0. The van der Waals surface area contributed by atoms with E-state index in [-0.39, 0.29) is 28.0 Å². The molecule has 4 heteroatoms. The monoisotopic (exact) mass is 343 g/mol. The van der Waals surface area contributed by atoms with Gasteiger partial charge < -0.3 is 9.84 Å². The van der Waals surface area contributed by atoms with E-state index >= 15 is 0 Å². The third-order valence-corrected chi connectivity index (χ3v) is 7.41. The number of phenols is 1. The van der Waals surface area contributed by atoms with Crippen LogP contribution >= 0.6 is 0 Å². The molecule has 0 radical (unpaired) electrons. The smallest absolute Gasteiger partial charge is 0.330 e. The summed E-state index contributed by atoms with van der Waals surface area (Å²) in [4.78, 5) is 17.3. The number of benzene rings is 1. The van der Waals surface area contributed by atoms with Gasteiger partial charge in [0.05, 0.1) is 7.11 Å². The van der Waals surface area contributed by atoms with E-state index < -0.39 is 6.04 Å². The number of carbonyl (C=O) groups is 1. The van der Waals surface area contributed by atoms with Gasteiger partial charge in [-0.25, -0.2) is 4.79 Å². The number of nitrogens with zero attached hydrogens (tertiary/aromatic N) is 1. The molecule has 3 rings (SSSR count). The highest BCUT2D eigenvalue weighted by Gasteiger charge is 2.66. The number of methoxy groups -OCH3 is 1. The lowest BCUT2D eigenvalue weighted by atomic mass is 9.66. The minimum atomic E-state index is -0.528. The fourth-order valence-corrected chi connectivity index (χ4v) is 4.75. The van der Waals surface area contributed by atoms with Gasteiger partial charge in [0, 0.05) is 17.5 Å². The number of esters is 1. The lowest BCUT2D eigenvalue weighted by Crippen LogP contribution is -2.35. The zero-order valence-electron chi connectivity index (χ0n) is 15.9. The second kappa shape index (κ2) is 5.86. The van der Waals surface area contributed by atoms with Gasteiger partial charge in [-0.05, 0) is 47.8 Å². The highest BCUT2D eigenvalue weighted by Crippen LogP contribution is 2.70. The molecule has 3 atom stereocenters. The van der Waals surface area contributed by atoms with Crippen LogP contribution in [0, 0.1) is 16.2 Å². The molecule has 2 aliphatic rings. The standard InChI is InChI=1S/C21H29NO3/c1-19(2)20(3)10-11-21(19,4)17(13-20)22-16(18(24)25-5)12-14-6-8-15(23)9-7-14/h6-9,16,23H,10-13H2,1-5H3/t16-,20+,21-/m0/s1. The van der Waals surface area contributed by atoms with Crippen LogP contribution in [0.15, 0.2) is 29.3 Å². The number of hydrogen-bond donors (Lipinski definition) is 1. The quantitative estimate of drug-likeness (QED) is 0.835. The molecule has 0 heterocycles. The molecule has 2 fully saturated rings. The number of fused-ring (bicyclic) bond motifs is 2. The molecule has 1 aromatic carbocycles. The average molecular weight is 343 g/mol. The van der Waals surface area contributed by atoms with Crippen LogP contribution in [0.2, 0.25) is 0 Å². The van der Waals surface area contributed by atoms with Gasteiger partial charge in [0.2, 0.25) is 0 Å². The maximum Gasteiger partial charge on any atom is 0.330 e. The summed E-state index contributed by atoms with van der Waals surface area (Å²) in [5.41, 5.74) is 2.61. The lowest BCUT2D eigenvalue weighted by Gasteiger charge is -2.38. The van der Waals surface area contributed by atoms with E-state index in [1.807, 2.05) is 12.1 Å². The van der Waals surface area contributed by atoms with Crippen molar-refractivity contribution in [2.24, 2.45) is 21.2 Å². The Labute approximate surface area is 150 Å². The molecule has 136 valence electrons. The van der Waals surface area contributed by atoms with E-state index in [1.165, 1.54) is 19.2 Å². The molecule has 25 heavy (non-hydrogen) atoms. The fourth-order valence-electron chi connectivity index (χ4n) is 4.75. The van der Waals surface area contributed by atoms with Crippen molar-refractivity contribution >= 4 is 11.7 Å². The Morgan fingerprint density at radius 2 is 1.84 bits per heavy atom. The van der Waals surface area contributed by atoms with Crippen LogP contribution in [-0.4, -0.2) is 29.9 Å². The average Bonchev–Trinajstić information content (AvgIpc) is 2.84. The first-order valence-electron chi connectivity index (χ1n) is 9.06. The van der Waals surface area contributed by atoms with Crippen LogP contribution in [0.4, 0.5) is 0 Å². The molecule has 0 amide bonds. The Hall–Kier alpha value is -1.84. The Bertz CT molecular complexity index is 706. The molecule has 0 saturated heterocycles. The van der Waals surface area contributed by atoms with Crippen molar-refractivity contribution in [1.82, 2.24) is 0 Å². The second-order valence-electron chi connectivity index (χ2n) is 8.68. The summed E-state index contributed by atoms with van der Waals surface area (Å²) in [5.74, 6) is -0.0742. The molecular weight excluding hydrogens is 314 g/mol. The lowest BCUT2D eigenvalue weighted by molar-refractivity contribution is -0.142. The van der Waals surface area contributed by atoms with Crippen LogP contribution in [0.1, 0.15) is 52.5 Å². The number of aromatic hydroxyl groups is 1. The van der Waals surface area contributed by atoms with Crippen molar-refractivity contribution in [2.75, 3.05) is 7.11 Å². The van der Waals surface area contributed by atoms with Crippen molar-refractivity contribution in [3.63, 3.8) is 0 Å². The third-order valence-electron chi connectivity index (χ3n) is 7.41. The van der Waals surface area contributed by atoms with E-state index in [0.29, 0.717) is 6.42 Å². The predicted molar refractivity (Wildman–Crippen MR) is 98.9 cm³/mol. The van der Waals surface area contributed by atoms with E-state index in [1.54, 1.807) is 12.1 Å². The zero-order valence-corrected chi connectivity index (χ0v) is 15.9. The SMILES string of the molecule is COC(=O)[C@H](Cc1ccc(O)cc1)N=C1C[C@@]2(C)CC[C@]1(C)C2(C)C. The number of aliphatic imine (C=N–C) groups is 1. The molecule has 1 aromatic rings. The first-order valence-corrected chi connectivity index (χ1v) is 9.06. The van der Waals surface area contributed by atoms with Gasteiger partial charge in [-0.15, -0.1) is 0 Å². The first-order chi connectivity index (χ1) is 11.6. The topological polar surface area (TPSA) is 58.9 Å². The number of hydrogen-bond acceptors (Lipinski definition) is 4. The molecule has 0 aliphatic heterocycles. The van der Waals surface area contributed by atoms with Crippen molar-refractivity contribution < 1.29 is 14.6 Å². The van der Waals surface area contributed by atoms with Crippen LogP contribution in [0.3, 0.4) is 0 Å². The Morgan fingerprint density at radius 1 is 1.20 bits per heavy atom. The zero-order chi connectivity index (χ0) is 18.5. The predicted octanol–water partition coefficient (Wildman–Crippen LogP) is 4.15. The summed E-state index contributed by atoms with van der Waals surface area (Å²) in [7, 11) is 1.42. The van der Waals surface area contributed by atoms with Crippen molar-refractivity contribution in [3.8, 4) is 5.75 Å². The number of rotatable bonds is 4. The van der Waals surface area contributed by atoms with Crippen LogP contribution in [-0.2, 0) is 16.0 Å². The van der Waals surface area contributed by atoms with Gasteiger partial charge in [-0.1, -0.05) is 39.8 Å². The van der Waals surface area contributed by atoms with E-state index in [0.717, 1.165) is 18.4 Å². The van der Waals surface area contributed by atoms with E-state index in [2.05, 4.69) is 27.7 Å². The van der Waals surface area contributed by atoms with Gasteiger partial charge >= 0.3 is 5.97 Å². The van der Waals surface area contributed by atoms with Crippen LogP contribution in [0.25, 0.3) is 0 Å². The maximum absolute atomic E-state index is 12.3. The first kappa shape index (κ1) is 18.0. The minimum absolute atomic E-state index is 0.0446. The summed E-state index contributed by atoms with van der Waals surface area (Å²) in [6.07, 6.45) is 3.79. The Morgan fingerprint density at radius 3 is 2.32 bits per heavy atom. The number of carbonyl (C=O) groups excluding carboxylic acids is 1. The molecule has 2 saturated carbocycles. The third kappa shape index (κ3) is 2.66. The largest absolute Gasteiger partial charge is 0.508 e. The van der Waals surface area contributed by atoms with E-state index in [4.69, 9.17) is 9.73 Å². The molecule has 0 unspecified atom stereocenters. The van der Waals surface area contributed by atoms with Crippen molar-refractivity contribution in [3.05, 3.63) is 29.8 Å². The highest BCUT2D eigenvalue weighted by molar-refractivity contribution is 5.96. The number of phenolic OH excluding ortho intramolecular Hbond substituents is 1. The molecule has 1 N–H and O–H groups in total. The van der Waals surface area contributed by atoms with Gasteiger partial charge in [-0.2, -0.15) is 0 Å². The second-order valence-corrected chi connectivity index (χ2v) is 8.68.